The average Bonchev–Trinajstić information content (AvgIpc) is 3.17. The number of carbonyl (C=O) groups excluding carboxylic acids is 1. The smallest absolute Gasteiger partial charge is 0.225 e. The van der Waals surface area contributed by atoms with E-state index in [1.54, 1.807) is 11.3 Å². The summed E-state index contributed by atoms with van der Waals surface area (Å²) < 4.78 is 11.7. The molecule has 0 radical (unpaired) electrons. The standard InChI is InChI=1S/C24H25NO3S/c1-3-12-28-20-11-10-17(13-21(20)27-4-2)18-14-22(26)25-23-19(15-29-24(18)23)16-8-6-5-7-9-16/h5-11,13,15,18H,3-4,12,14H2,1-2H3,(H,25,26)/t18-/m0/s1. The summed E-state index contributed by atoms with van der Waals surface area (Å²) in [6.45, 7) is 5.27. The van der Waals surface area contributed by atoms with E-state index in [1.165, 1.54) is 4.88 Å². The van der Waals surface area contributed by atoms with Crippen LogP contribution in [0, 0.1) is 0 Å². The van der Waals surface area contributed by atoms with Crippen molar-refractivity contribution in [3.05, 3.63) is 64.4 Å². The van der Waals surface area contributed by atoms with Crippen molar-refractivity contribution in [2.75, 3.05) is 18.5 Å². The number of thiophene rings is 1. The SMILES string of the molecule is CCCOc1ccc([C@@H]2CC(=O)Nc3c(-c4ccccc4)csc32)cc1OCC. The molecule has 1 N–H and O–H groups in total. The number of amides is 1. The van der Waals surface area contributed by atoms with Gasteiger partial charge in [0.05, 0.1) is 18.9 Å². The first-order chi connectivity index (χ1) is 14.2. The Kier molecular flexibility index (Phi) is 5.86. The molecule has 4 rings (SSSR count). The predicted molar refractivity (Wildman–Crippen MR) is 118 cm³/mol. The number of fused-ring (bicyclic) bond motifs is 1. The van der Waals surface area contributed by atoms with Crippen LogP contribution in [0.3, 0.4) is 0 Å². The molecule has 2 heterocycles. The van der Waals surface area contributed by atoms with E-state index in [2.05, 4.69) is 35.8 Å². The van der Waals surface area contributed by atoms with Crippen molar-refractivity contribution in [2.45, 2.75) is 32.6 Å². The van der Waals surface area contributed by atoms with Crippen LogP contribution in [0.15, 0.2) is 53.9 Å². The lowest BCUT2D eigenvalue weighted by Gasteiger charge is -2.25. The molecule has 2 aromatic carbocycles. The van der Waals surface area contributed by atoms with Gasteiger partial charge in [-0.15, -0.1) is 11.3 Å². The summed E-state index contributed by atoms with van der Waals surface area (Å²) in [5.74, 6) is 1.56. The molecular weight excluding hydrogens is 382 g/mol. The molecule has 3 aromatic rings. The van der Waals surface area contributed by atoms with Crippen molar-refractivity contribution in [1.29, 1.82) is 0 Å². The molecule has 1 atom stereocenters. The highest BCUT2D eigenvalue weighted by Gasteiger charge is 2.31. The molecule has 1 aliphatic heterocycles. The molecule has 4 nitrogen and oxygen atoms in total. The molecule has 0 unspecified atom stereocenters. The Morgan fingerprint density at radius 2 is 1.90 bits per heavy atom. The van der Waals surface area contributed by atoms with Gasteiger partial charge < -0.3 is 14.8 Å². The first kappa shape index (κ1) is 19.5. The summed E-state index contributed by atoms with van der Waals surface area (Å²) in [4.78, 5) is 13.7. The topological polar surface area (TPSA) is 47.6 Å². The van der Waals surface area contributed by atoms with Gasteiger partial charge in [0, 0.05) is 28.2 Å². The lowest BCUT2D eigenvalue weighted by Crippen LogP contribution is -2.22. The molecule has 0 spiro atoms. The molecule has 0 bridgehead atoms. The number of benzene rings is 2. The first-order valence-electron chi connectivity index (χ1n) is 10.1. The van der Waals surface area contributed by atoms with Gasteiger partial charge in [-0.3, -0.25) is 4.79 Å². The van der Waals surface area contributed by atoms with E-state index in [1.807, 2.05) is 37.3 Å². The summed E-state index contributed by atoms with van der Waals surface area (Å²) in [5.41, 5.74) is 4.21. The minimum absolute atomic E-state index is 0.0145. The number of rotatable bonds is 7. The molecule has 0 saturated heterocycles. The summed E-state index contributed by atoms with van der Waals surface area (Å²) in [5, 5.41) is 5.24. The summed E-state index contributed by atoms with van der Waals surface area (Å²) >= 11 is 1.70. The first-order valence-corrected chi connectivity index (χ1v) is 10.9. The van der Waals surface area contributed by atoms with Gasteiger partial charge in [-0.2, -0.15) is 0 Å². The van der Waals surface area contributed by atoms with Crippen molar-refractivity contribution in [2.24, 2.45) is 0 Å². The van der Waals surface area contributed by atoms with E-state index in [0.29, 0.717) is 19.6 Å². The van der Waals surface area contributed by atoms with E-state index in [-0.39, 0.29) is 11.8 Å². The molecule has 1 aromatic heterocycles. The number of hydrogen-bond acceptors (Lipinski definition) is 4. The number of nitrogens with one attached hydrogen (secondary N) is 1. The quantitative estimate of drug-likeness (QED) is 0.516. The molecule has 0 saturated carbocycles. The number of anilines is 1. The maximum Gasteiger partial charge on any atom is 0.225 e. The van der Waals surface area contributed by atoms with Crippen molar-refractivity contribution >= 4 is 22.9 Å². The van der Waals surface area contributed by atoms with Crippen LogP contribution < -0.4 is 14.8 Å². The van der Waals surface area contributed by atoms with Gasteiger partial charge in [-0.25, -0.2) is 0 Å². The van der Waals surface area contributed by atoms with E-state index in [4.69, 9.17) is 9.47 Å². The largest absolute Gasteiger partial charge is 0.490 e. The second kappa shape index (κ2) is 8.70. The monoisotopic (exact) mass is 407 g/mol. The van der Waals surface area contributed by atoms with Gasteiger partial charge in [0.2, 0.25) is 5.91 Å². The van der Waals surface area contributed by atoms with Crippen LogP contribution in [0.5, 0.6) is 11.5 Å². The van der Waals surface area contributed by atoms with Gasteiger partial charge in [-0.05, 0) is 36.6 Å². The Balaban J connectivity index is 1.73. The second-order valence-electron chi connectivity index (χ2n) is 7.05. The molecule has 0 fully saturated rings. The molecule has 1 aliphatic rings. The van der Waals surface area contributed by atoms with E-state index in [9.17, 15) is 4.79 Å². The van der Waals surface area contributed by atoms with Crippen LogP contribution in [-0.2, 0) is 4.79 Å². The van der Waals surface area contributed by atoms with Crippen LogP contribution in [0.2, 0.25) is 0 Å². The highest BCUT2D eigenvalue weighted by Crippen LogP contribution is 2.47. The normalized spacial score (nSPS) is 15.5. The molecular formula is C24H25NO3S. The fourth-order valence-electron chi connectivity index (χ4n) is 3.67. The van der Waals surface area contributed by atoms with Crippen molar-refractivity contribution in [1.82, 2.24) is 0 Å². The zero-order valence-electron chi connectivity index (χ0n) is 16.7. The Morgan fingerprint density at radius 3 is 2.66 bits per heavy atom. The third kappa shape index (κ3) is 4.01. The van der Waals surface area contributed by atoms with Crippen LogP contribution >= 0.6 is 11.3 Å². The zero-order valence-corrected chi connectivity index (χ0v) is 17.6. The van der Waals surface area contributed by atoms with Crippen LogP contribution in [0.1, 0.15) is 43.0 Å². The third-order valence-corrected chi connectivity index (χ3v) is 6.10. The second-order valence-corrected chi connectivity index (χ2v) is 7.96. The summed E-state index contributed by atoms with van der Waals surface area (Å²) in [6, 6.07) is 16.2. The molecule has 150 valence electrons. The Hall–Kier alpha value is -2.79. The van der Waals surface area contributed by atoms with Crippen LogP contribution in [0.4, 0.5) is 5.69 Å². The van der Waals surface area contributed by atoms with Gasteiger partial charge in [-0.1, -0.05) is 43.3 Å². The molecule has 5 heteroatoms. The highest BCUT2D eigenvalue weighted by molar-refractivity contribution is 7.11. The predicted octanol–water partition coefficient (Wildman–Crippen LogP) is 6.08. The van der Waals surface area contributed by atoms with E-state index >= 15 is 0 Å². The third-order valence-electron chi connectivity index (χ3n) is 5.01. The number of hydrogen-bond donors (Lipinski definition) is 1. The van der Waals surface area contributed by atoms with Crippen molar-refractivity contribution in [3.8, 4) is 22.6 Å². The summed E-state index contributed by atoms with van der Waals surface area (Å²) in [7, 11) is 0. The minimum Gasteiger partial charge on any atom is -0.490 e. The van der Waals surface area contributed by atoms with Crippen LogP contribution in [0.25, 0.3) is 11.1 Å². The maximum absolute atomic E-state index is 12.5. The van der Waals surface area contributed by atoms with E-state index < -0.39 is 0 Å². The fraction of sp³-hybridized carbons (Fsp3) is 0.292. The van der Waals surface area contributed by atoms with Gasteiger partial charge >= 0.3 is 0 Å². The maximum atomic E-state index is 12.5. The van der Waals surface area contributed by atoms with Gasteiger partial charge in [0.15, 0.2) is 11.5 Å². The Labute approximate surface area is 175 Å². The fourth-order valence-corrected chi connectivity index (χ4v) is 4.83. The summed E-state index contributed by atoms with van der Waals surface area (Å²) in [6.07, 6.45) is 1.37. The number of ether oxygens (including phenoxy) is 2. The van der Waals surface area contributed by atoms with E-state index in [0.717, 1.165) is 40.3 Å². The Bertz CT molecular complexity index is 997. The molecule has 0 aliphatic carbocycles. The van der Waals surface area contributed by atoms with Crippen molar-refractivity contribution < 1.29 is 14.3 Å². The van der Waals surface area contributed by atoms with Gasteiger partial charge in [0.25, 0.3) is 0 Å². The molecule has 29 heavy (non-hydrogen) atoms. The minimum atomic E-state index is 0.0145. The van der Waals surface area contributed by atoms with Crippen LogP contribution in [-0.4, -0.2) is 19.1 Å². The molecule has 1 amide bonds. The lowest BCUT2D eigenvalue weighted by molar-refractivity contribution is -0.116. The Morgan fingerprint density at radius 1 is 1.07 bits per heavy atom. The highest BCUT2D eigenvalue weighted by atomic mass is 32.1. The van der Waals surface area contributed by atoms with Gasteiger partial charge in [0.1, 0.15) is 0 Å². The van der Waals surface area contributed by atoms with Crippen molar-refractivity contribution in [3.63, 3.8) is 0 Å². The lowest BCUT2D eigenvalue weighted by atomic mass is 9.89. The average molecular weight is 408 g/mol. The zero-order chi connectivity index (χ0) is 20.2. The number of carbonyl (C=O) groups is 1.